The lowest BCUT2D eigenvalue weighted by molar-refractivity contribution is 0.597. The van der Waals surface area contributed by atoms with E-state index in [1.54, 1.807) is 5.57 Å². The molecule has 1 rings (SSSR count). The van der Waals surface area contributed by atoms with Gasteiger partial charge in [0.05, 0.1) is 0 Å². The molecule has 0 aromatic heterocycles. The highest BCUT2D eigenvalue weighted by molar-refractivity contribution is 5.17. The molecule has 0 heterocycles. The molecule has 0 aromatic carbocycles. The van der Waals surface area contributed by atoms with Crippen molar-refractivity contribution in [2.24, 2.45) is 5.92 Å². The summed E-state index contributed by atoms with van der Waals surface area (Å²) in [5, 5.41) is 0. The summed E-state index contributed by atoms with van der Waals surface area (Å²) < 4.78 is 0. The Hall–Kier alpha value is -0.260. The van der Waals surface area contributed by atoms with Gasteiger partial charge in [-0.1, -0.05) is 38.3 Å². The van der Waals surface area contributed by atoms with Gasteiger partial charge in [-0.2, -0.15) is 0 Å². The van der Waals surface area contributed by atoms with Gasteiger partial charge in [-0.15, -0.1) is 0 Å². The molecule has 10 heavy (non-hydrogen) atoms. The van der Waals surface area contributed by atoms with Gasteiger partial charge in [0, 0.05) is 0 Å². The van der Waals surface area contributed by atoms with Crippen molar-refractivity contribution in [3.05, 3.63) is 11.6 Å². The average Bonchev–Trinajstić information content (AvgIpc) is 2.67. The summed E-state index contributed by atoms with van der Waals surface area (Å²) >= 11 is 0. The molecule has 0 spiro atoms. The first kappa shape index (κ1) is 7.84. The second-order valence-corrected chi connectivity index (χ2v) is 3.44. The highest BCUT2D eigenvalue weighted by Crippen LogP contribution is 2.29. The summed E-state index contributed by atoms with van der Waals surface area (Å²) in [5.74, 6) is 0.845. The number of hydrogen-bond donors (Lipinski definition) is 0. The molecule has 0 heteroatoms. The second kappa shape index (κ2) is 3.80. The predicted molar refractivity (Wildman–Crippen MR) is 46.0 cm³/mol. The van der Waals surface area contributed by atoms with Crippen molar-refractivity contribution in [3.8, 4) is 0 Å². The third kappa shape index (κ3) is 3.05. The van der Waals surface area contributed by atoms with Crippen LogP contribution in [0.25, 0.3) is 0 Å². The topological polar surface area (TPSA) is 0 Å². The molecule has 1 unspecified atom stereocenters. The Morgan fingerprint density at radius 3 is 2.70 bits per heavy atom. The van der Waals surface area contributed by atoms with Crippen molar-refractivity contribution in [3.63, 3.8) is 0 Å². The molecular formula is C10H18. The highest BCUT2D eigenvalue weighted by atomic mass is 14.2. The Morgan fingerprint density at radius 1 is 1.50 bits per heavy atom. The zero-order valence-electron chi connectivity index (χ0n) is 7.19. The first-order chi connectivity index (χ1) is 4.83. The molecule has 1 atom stereocenters. The van der Waals surface area contributed by atoms with E-state index in [0.717, 1.165) is 5.92 Å². The molecule has 0 bridgehead atoms. The maximum absolute atomic E-state index is 2.47. The molecule has 0 saturated heterocycles. The largest absolute Gasteiger partial charge is 0.0825 e. The van der Waals surface area contributed by atoms with Crippen molar-refractivity contribution in [1.82, 2.24) is 0 Å². The molecule has 1 aliphatic carbocycles. The number of rotatable bonds is 4. The smallest absolute Gasteiger partial charge is 0.0259 e. The van der Waals surface area contributed by atoms with Gasteiger partial charge in [0.1, 0.15) is 0 Å². The van der Waals surface area contributed by atoms with E-state index in [2.05, 4.69) is 19.9 Å². The lowest BCUT2D eigenvalue weighted by Crippen LogP contribution is -1.87. The molecule has 0 N–H and O–H groups in total. The minimum Gasteiger partial charge on any atom is -0.0825 e. The number of unbranched alkanes of at least 4 members (excludes halogenated alkanes) is 1. The summed E-state index contributed by atoms with van der Waals surface area (Å²) in [4.78, 5) is 0. The first-order valence-electron chi connectivity index (χ1n) is 4.52. The van der Waals surface area contributed by atoms with Crippen LogP contribution in [0.5, 0.6) is 0 Å². The van der Waals surface area contributed by atoms with Crippen molar-refractivity contribution < 1.29 is 0 Å². The van der Waals surface area contributed by atoms with Crippen LogP contribution in [-0.2, 0) is 0 Å². The van der Waals surface area contributed by atoms with Gasteiger partial charge in [-0.3, -0.25) is 0 Å². The molecule has 0 radical (unpaired) electrons. The lowest BCUT2D eigenvalue weighted by atomic mass is 10.0. The molecule has 0 aliphatic heterocycles. The van der Waals surface area contributed by atoms with Gasteiger partial charge in [0.15, 0.2) is 0 Å². The van der Waals surface area contributed by atoms with Gasteiger partial charge in [-0.05, 0) is 25.2 Å². The van der Waals surface area contributed by atoms with Gasteiger partial charge in [0.25, 0.3) is 0 Å². The zero-order valence-corrected chi connectivity index (χ0v) is 7.19. The van der Waals surface area contributed by atoms with E-state index in [-0.39, 0.29) is 0 Å². The normalized spacial score (nSPS) is 18.8. The maximum Gasteiger partial charge on any atom is -0.0259 e. The Bertz CT molecular complexity index is 116. The quantitative estimate of drug-likeness (QED) is 0.521. The monoisotopic (exact) mass is 138 g/mol. The average molecular weight is 138 g/mol. The van der Waals surface area contributed by atoms with E-state index in [4.69, 9.17) is 0 Å². The molecule has 1 aliphatic rings. The van der Waals surface area contributed by atoms with E-state index >= 15 is 0 Å². The third-order valence-electron chi connectivity index (χ3n) is 2.07. The Kier molecular flexibility index (Phi) is 2.98. The van der Waals surface area contributed by atoms with Crippen LogP contribution in [0.3, 0.4) is 0 Å². The fourth-order valence-corrected chi connectivity index (χ4v) is 1.25. The molecule has 0 aromatic rings. The molecule has 1 saturated carbocycles. The molecule has 0 nitrogen and oxygen atoms in total. The van der Waals surface area contributed by atoms with Gasteiger partial charge in [0.2, 0.25) is 0 Å². The minimum absolute atomic E-state index is 0.845. The van der Waals surface area contributed by atoms with Crippen molar-refractivity contribution in [2.75, 3.05) is 0 Å². The zero-order chi connectivity index (χ0) is 7.40. The summed E-state index contributed by atoms with van der Waals surface area (Å²) in [5.41, 5.74) is 1.70. The van der Waals surface area contributed by atoms with Crippen LogP contribution in [0.15, 0.2) is 11.6 Å². The van der Waals surface area contributed by atoms with E-state index in [1.807, 2.05) is 0 Å². The second-order valence-electron chi connectivity index (χ2n) is 3.44. The predicted octanol–water partition coefficient (Wildman–Crippen LogP) is 3.53. The summed E-state index contributed by atoms with van der Waals surface area (Å²) in [6, 6.07) is 0. The lowest BCUT2D eigenvalue weighted by Gasteiger charge is -2.02. The Morgan fingerprint density at radius 2 is 2.20 bits per heavy atom. The summed E-state index contributed by atoms with van der Waals surface area (Å²) in [7, 11) is 0. The maximum atomic E-state index is 2.47. The third-order valence-corrected chi connectivity index (χ3v) is 2.07. The fraction of sp³-hybridized carbons (Fsp3) is 0.800. The van der Waals surface area contributed by atoms with E-state index in [0.29, 0.717) is 0 Å². The van der Waals surface area contributed by atoms with Crippen LogP contribution in [0.4, 0.5) is 0 Å². The Balaban J connectivity index is 2.08. The number of hydrogen-bond acceptors (Lipinski definition) is 0. The van der Waals surface area contributed by atoms with Crippen molar-refractivity contribution in [2.45, 2.75) is 46.0 Å². The number of allylic oxidation sites excluding steroid dienone is 2. The van der Waals surface area contributed by atoms with Gasteiger partial charge < -0.3 is 0 Å². The van der Waals surface area contributed by atoms with Crippen LogP contribution in [0.1, 0.15) is 46.0 Å². The Labute approximate surface area is 64.3 Å². The highest BCUT2D eigenvalue weighted by Gasteiger charge is 2.11. The molecule has 0 amide bonds. The van der Waals surface area contributed by atoms with Gasteiger partial charge >= 0.3 is 0 Å². The molecule has 58 valence electrons. The van der Waals surface area contributed by atoms with E-state index in [1.165, 1.54) is 32.1 Å². The fourth-order valence-electron chi connectivity index (χ4n) is 1.25. The summed E-state index contributed by atoms with van der Waals surface area (Å²) in [6.45, 7) is 4.60. The van der Waals surface area contributed by atoms with Crippen LogP contribution < -0.4 is 0 Å². The van der Waals surface area contributed by atoms with E-state index in [9.17, 15) is 0 Å². The van der Waals surface area contributed by atoms with Crippen LogP contribution in [0.2, 0.25) is 0 Å². The SMILES string of the molecule is CCCCC(C)C=C1CC1. The van der Waals surface area contributed by atoms with E-state index < -0.39 is 0 Å². The van der Waals surface area contributed by atoms with Crippen LogP contribution in [0, 0.1) is 5.92 Å². The molecular weight excluding hydrogens is 120 g/mol. The van der Waals surface area contributed by atoms with Crippen LogP contribution in [-0.4, -0.2) is 0 Å². The molecule has 1 fully saturated rings. The van der Waals surface area contributed by atoms with Crippen molar-refractivity contribution in [1.29, 1.82) is 0 Å². The minimum atomic E-state index is 0.845. The van der Waals surface area contributed by atoms with Crippen molar-refractivity contribution >= 4 is 0 Å². The first-order valence-corrected chi connectivity index (χ1v) is 4.52. The standard InChI is InChI=1S/C10H18/c1-3-4-5-9(2)8-10-6-7-10/h8-9H,3-7H2,1-2H3. The summed E-state index contributed by atoms with van der Waals surface area (Å²) in [6.07, 6.45) is 9.36. The van der Waals surface area contributed by atoms with Crippen LogP contribution >= 0.6 is 0 Å². The van der Waals surface area contributed by atoms with Gasteiger partial charge in [-0.25, -0.2) is 0 Å².